The van der Waals surface area contributed by atoms with Gasteiger partial charge in [-0.15, -0.1) is 0 Å². The molecule has 0 aliphatic rings. The van der Waals surface area contributed by atoms with E-state index in [0.29, 0.717) is 5.92 Å². The molecule has 1 N–H and O–H groups in total. The van der Waals surface area contributed by atoms with Gasteiger partial charge in [0, 0.05) is 14.1 Å². The molecule has 0 saturated heterocycles. The smallest absolute Gasteiger partial charge is 0.110 e. The number of rotatable bonds is 3. The van der Waals surface area contributed by atoms with E-state index in [9.17, 15) is 0 Å². The highest BCUT2D eigenvalue weighted by Crippen LogP contribution is 1.98. The molecule has 0 aromatic heterocycles. The van der Waals surface area contributed by atoms with E-state index < -0.39 is 0 Å². The maximum absolute atomic E-state index is 8.61. The van der Waals surface area contributed by atoms with E-state index >= 15 is 0 Å². The van der Waals surface area contributed by atoms with E-state index in [1.807, 2.05) is 27.9 Å². The lowest BCUT2D eigenvalue weighted by atomic mass is 10.1. The van der Waals surface area contributed by atoms with Crippen molar-refractivity contribution in [3.05, 3.63) is 0 Å². The second-order valence-corrected chi connectivity index (χ2v) is 2.87. The number of hydrogen-bond acceptors (Lipinski definition) is 3. The molecule has 0 aliphatic carbocycles. The summed E-state index contributed by atoms with van der Waals surface area (Å²) in [5.74, 6) is 0.354. The minimum Gasteiger partial charge on any atom is -0.249 e. The van der Waals surface area contributed by atoms with Gasteiger partial charge in [0.25, 0.3) is 0 Å². The van der Waals surface area contributed by atoms with Gasteiger partial charge in [-0.25, -0.2) is 10.4 Å². The first-order valence-electron chi connectivity index (χ1n) is 3.41. The number of hydrogen-bond donors (Lipinski definition) is 1. The van der Waals surface area contributed by atoms with E-state index in [2.05, 4.69) is 11.5 Å². The third-order valence-corrected chi connectivity index (χ3v) is 1.20. The molecule has 3 nitrogen and oxygen atoms in total. The van der Waals surface area contributed by atoms with Crippen LogP contribution in [-0.4, -0.2) is 25.1 Å². The Kier molecular flexibility index (Phi) is 4.01. The Morgan fingerprint density at radius 2 is 1.90 bits per heavy atom. The molecule has 1 atom stereocenters. The molecule has 0 aliphatic heterocycles. The molecule has 0 fully saturated rings. The van der Waals surface area contributed by atoms with Gasteiger partial charge in [-0.05, 0) is 5.92 Å². The minimum atomic E-state index is -0.0741. The zero-order chi connectivity index (χ0) is 8.15. The molecule has 58 valence electrons. The Morgan fingerprint density at radius 3 is 2.00 bits per heavy atom. The monoisotopic (exact) mass is 141 g/mol. The summed E-state index contributed by atoms with van der Waals surface area (Å²) in [5, 5.41) is 10.4. The Labute approximate surface area is 62.6 Å². The van der Waals surface area contributed by atoms with Crippen LogP contribution in [0.2, 0.25) is 0 Å². The molecule has 0 bridgehead atoms. The van der Waals surface area contributed by atoms with Gasteiger partial charge >= 0.3 is 0 Å². The highest BCUT2D eigenvalue weighted by Gasteiger charge is 2.10. The quantitative estimate of drug-likeness (QED) is 0.585. The highest BCUT2D eigenvalue weighted by molar-refractivity contribution is 4.90. The molecule has 0 aromatic rings. The van der Waals surface area contributed by atoms with Crippen molar-refractivity contribution in [2.45, 2.75) is 19.9 Å². The van der Waals surface area contributed by atoms with Crippen molar-refractivity contribution in [2.75, 3.05) is 14.1 Å². The van der Waals surface area contributed by atoms with Gasteiger partial charge in [-0.3, -0.25) is 0 Å². The third-order valence-electron chi connectivity index (χ3n) is 1.20. The van der Waals surface area contributed by atoms with Gasteiger partial charge in [0.2, 0.25) is 0 Å². The van der Waals surface area contributed by atoms with Crippen LogP contribution in [0.3, 0.4) is 0 Å². The van der Waals surface area contributed by atoms with Crippen LogP contribution < -0.4 is 5.43 Å². The summed E-state index contributed by atoms with van der Waals surface area (Å²) in [4.78, 5) is 0. The number of hydrazine groups is 1. The summed E-state index contributed by atoms with van der Waals surface area (Å²) in [6.07, 6.45) is 0. The SMILES string of the molecule is CC(C)C(C#N)NN(C)C. The van der Waals surface area contributed by atoms with Gasteiger partial charge in [0.1, 0.15) is 6.04 Å². The maximum atomic E-state index is 8.61. The van der Waals surface area contributed by atoms with Crippen molar-refractivity contribution < 1.29 is 0 Å². The van der Waals surface area contributed by atoms with Gasteiger partial charge in [-0.1, -0.05) is 13.8 Å². The van der Waals surface area contributed by atoms with Crippen LogP contribution in [0.15, 0.2) is 0 Å². The van der Waals surface area contributed by atoms with Crippen LogP contribution in [0.25, 0.3) is 0 Å². The normalized spacial score (nSPS) is 13.7. The van der Waals surface area contributed by atoms with Crippen LogP contribution in [0.4, 0.5) is 0 Å². The Morgan fingerprint density at radius 1 is 1.40 bits per heavy atom. The largest absolute Gasteiger partial charge is 0.249 e. The Bertz CT molecular complexity index is 123. The van der Waals surface area contributed by atoms with Crippen molar-refractivity contribution in [3.63, 3.8) is 0 Å². The lowest BCUT2D eigenvalue weighted by Gasteiger charge is -2.19. The van der Waals surface area contributed by atoms with Crippen molar-refractivity contribution in [3.8, 4) is 6.07 Å². The second-order valence-electron chi connectivity index (χ2n) is 2.87. The molecule has 1 unspecified atom stereocenters. The van der Waals surface area contributed by atoms with Gasteiger partial charge in [0.15, 0.2) is 0 Å². The van der Waals surface area contributed by atoms with Crippen LogP contribution in [0.1, 0.15) is 13.8 Å². The maximum Gasteiger partial charge on any atom is 0.110 e. The first-order chi connectivity index (χ1) is 4.57. The first-order valence-corrected chi connectivity index (χ1v) is 3.41. The Balaban J connectivity index is 3.75. The summed E-state index contributed by atoms with van der Waals surface area (Å²) in [7, 11) is 3.76. The number of nitrogens with one attached hydrogen (secondary N) is 1. The van der Waals surface area contributed by atoms with Crippen LogP contribution in [-0.2, 0) is 0 Å². The summed E-state index contributed by atoms with van der Waals surface area (Å²) in [6.45, 7) is 4.04. The van der Waals surface area contributed by atoms with Crippen molar-refractivity contribution in [2.24, 2.45) is 5.92 Å². The first kappa shape index (κ1) is 9.41. The van der Waals surface area contributed by atoms with Gasteiger partial charge < -0.3 is 0 Å². The van der Waals surface area contributed by atoms with E-state index in [1.54, 1.807) is 5.01 Å². The molecule has 0 amide bonds. The molecule has 3 heteroatoms. The molecule has 10 heavy (non-hydrogen) atoms. The van der Waals surface area contributed by atoms with E-state index in [-0.39, 0.29) is 6.04 Å². The Hall–Kier alpha value is -0.590. The third kappa shape index (κ3) is 3.44. The molecule has 0 rings (SSSR count). The molecule has 0 saturated carbocycles. The zero-order valence-corrected chi connectivity index (χ0v) is 7.05. The summed E-state index contributed by atoms with van der Waals surface area (Å²) >= 11 is 0. The second kappa shape index (κ2) is 4.26. The van der Waals surface area contributed by atoms with E-state index in [4.69, 9.17) is 5.26 Å². The van der Waals surface area contributed by atoms with E-state index in [0.717, 1.165) is 0 Å². The van der Waals surface area contributed by atoms with Crippen LogP contribution >= 0.6 is 0 Å². The predicted octanol–water partition coefficient (Wildman–Crippen LogP) is 0.601. The molecular weight excluding hydrogens is 126 g/mol. The molecular formula is C7H15N3. The average molecular weight is 141 g/mol. The zero-order valence-electron chi connectivity index (χ0n) is 7.05. The van der Waals surface area contributed by atoms with Crippen LogP contribution in [0.5, 0.6) is 0 Å². The summed E-state index contributed by atoms with van der Waals surface area (Å²) < 4.78 is 0. The van der Waals surface area contributed by atoms with Crippen molar-refractivity contribution in [1.29, 1.82) is 5.26 Å². The van der Waals surface area contributed by atoms with Crippen molar-refractivity contribution in [1.82, 2.24) is 10.4 Å². The predicted molar refractivity (Wildman–Crippen MR) is 41.1 cm³/mol. The van der Waals surface area contributed by atoms with Gasteiger partial charge in [-0.2, -0.15) is 5.26 Å². The fraction of sp³-hybridized carbons (Fsp3) is 0.857. The topological polar surface area (TPSA) is 39.1 Å². The molecule has 0 heterocycles. The molecule has 0 radical (unpaired) electrons. The van der Waals surface area contributed by atoms with Crippen molar-refractivity contribution >= 4 is 0 Å². The molecule has 0 aromatic carbocycles. The standard InChI is InChI=1S/C7H15N3/c1-6(2)7(5-8)9-10(3)4/h6-7,9H,1-4H3. The highest BCUT2D eigenvalue weighted by atomic mass is 15.5. The van der Waals surface area contributed by atoms with Crippen LogP contribution in [0, 0.1) is 17.2 Å². The van der Waals surface area contributed by atoms with Gasteiger partial charge in [0.05, 0.1) is 6.07 Å². The van der Waals surface area contributed by atoms with E-state index in [1.165, 1.54) is 0 Å². The number of nitriles is 1. The average Bonchev–Trinajstić information content (AvgIpc) is 1.81. The lowest BCUT2D eigenvalue weighted by molar-refractivity contribution is 0.239. The summed E-state index contributed by atoms with van der Waals surface area (Å²) in [6, 6.07) is 2.11. The minimum absolute atomic E-state index is 0.0741. The lowest BCUT2D eigenvalue weighted by Crippen LogP contribution is -2.41. The molecule has 0 spiro atoms. The fourth-order valence-corrected chi connectivity index (χ4v) is 0.605. The fourth-order valence-electron chi connectivity index (χ4n) is 0.605. The summed E-state index contributed by atoms with van der Waals surface area (Å²) in [5.41, 5.74) is 3.00. The number of nitrogens with zero attached hydrogens (tertiary/aromatic N) is 2.